The van der Waals surface area contributed by atoms with E-state index in [1.165, 1.54) is 0 Å². The number of nitrogens with zero attached hydrogens (tertiary/aromatic N) is 1. The maximum Gasteiger partial charge on any atom is 0.340 e. The summed E-state index contributed by atoms with van der Waals surface area (Å²) in [7, 11) is 4.74. The molecule has 0 saturated heterocycles. The van der Waals surface area contributed by atoms with Gasteiger partial charge < -0.3 is 18.9 Å². The van der Waals surface area contributed by atoms with Crippen LogP contribution >= 0.6 is 0 Å². The van der Waals surface area contributed by atoms with Gasteiger partial charge in [-0.3, -0.25) is 0 Å². The Morgan fingerprint density at radius 2 is 1.59 bits per heavy atom. The lowest BCUT2D eigenvalue weighted by Crippen LogP contribution is -2.08. The van der Waals surface area contributed by atoms with Crippen LogP contribution in [0.1, 0.15) is 17.3 Å². The molecule has 0 aliphatic heterocycles. The summed E-state index contributed by atoms with van der Waals surface area (Å²) in [6, 6.07) is 12.7. The van der Waals surface area contributed by atoms with E-state index in [0.29, 0.717) is 28.3 Å². The number of fused-ring (bicyclic) bond motifs is 1. The van der Waals surface area contributed by atoms with Crippen LogP contribution in [-0.4, -0.2) is 38.9 Å². The van der Waals surface area contributed by atoms with Crippen molar-refractivity contribution >= 4 is 16.9 Å². The molecule has 0 atom stereocenters. The van der Waals surface area contributed by atoms with Crippen molar-refractivity contribution in [2.75, 3.05) is 27.9 Å². The van der Waals surface area contributed by atoms with Crippen LogP contribution in [-0.2, 0) is 4.74 Å². The van der Waals surface area contributed by atoms with E-state index < -0.39 is 5.97 Å². The first-order chi connectivity index (χ1) is 13.1. The quantitative estimate of drug-likeness (QED) is 0.611. The van der Waals surface area contributed by atoms with Gasteiger partial charge in [0.1, 0.15) is 5.75 Å². The van der Waals surface area contributed by atoms with E-state index in [2.05, 4.69) is 0 Å². The average molecular weight is 367 g/mol. The summed E-state index contributed by atoms with van der Waals surface area (Å²) in [5.41, 5.74) is 2.40. The minimum Gasteiger partial charge on any atom is -0.497 e. The minimum absolute atomic E-state index is 0.283. The standard InChI is InChI=1S/C21H21NO5/c1-5-27-21(23)16-10-14-11-18(25-3)19(26-4)12-17(14)22-20(16)13-6-8-15(24-2)9-7-13/h6-12H,5H2,1-4H3. The number of methoxy groups -OCH3 is 3. The van der Waals surface area contributed by atoms with Crippen LogP contribution in [0.5, 0.6) is 17.2 Å². The molecule has 0 unspecified atom stereocenters. The van der Waals surface area contributed by atoms with Crippen molar-refractivity contribution in [3.63, 3.8) is 0 Å². The Morgan fingerprint density at radius 1 is 0.926 bits per heavy atom. The largest absolute Gasteiger partial charge is 0.497 e. The van der Waals surface area contributed by atoms with Crippen LogP contribution in [0, 0.1) is 0 Å². The number of ether oxygens (including phenoxy) is 4. The van der Waals surface area contributed by atoms with Gasteiger partial charge in [-0.2, -0.15) is 0 Å². The van der Waals surface area contributed by atoms with Gasteiger partial charge in [0.2, 0.25) is 0 Å². The number of carbonyl (C=O) groups excluding carboxylic acids is 1. The minimum atomic E-state index is -0.424. The molecule has 140 valence electrons. The monoisotopic (exact) mass is 367 g/mol. The van der Waals surface area contributed by atoms with Gasteiger partial charge in [-0.1, -0.05) is 0 Å². The molecule has 0 aliphatic rings. The number of esters is 1. The van der Waals surface area contributed by atoms with Crippen molar-refractivity contribution in [2.24, 2.45) is 0 Å². The number of hydrogen-bond acceptors (Lipinski definition) is 6. The second kappa shape index (κ2) is 7.95. The highest BCUT2D eigenvalue weighted by atomic mass is 16.5. The molecule has 0 N–H and O–H groups in total. The zero-order valence-electron chi connectivity index (χ0n) is 15.7. The Hall–Kier alpha value is -3.28. The Bertz CT molecular complexity index is 966. The van der Waals surface area contributed by atoms with E-state index in [1.54, 1.807) is 46.5 Å². The lowest BCUT2D eigenvalue weighted by Gasteiger charge is -2.13. The fourth-order valence-electron chi connectivity index (χ4n) is 2.83. The zero-order chi connectivity index (χ0) is 19.4. The SMILES string of the molecule is CCOC(=O)c1cc2cc(OC)c(OC)cc2nc1-c1ccc(OC)cc1. The lowest BCUT2D eigenvalue weighted by atomic mass is 10.0. The molecule has 6 nitrogen and oxygen atoms in total. The van der Waals surface area contributed by atoms with E-state index in [4.69, 9.17) is 23.9 Å². The summed E-state index contributed by atoms with van der Waals surface area (Å²) in [6.07, 6.45) is 0. The Labute approximate surface area is 157 Å². The van der Waals surface area contributed by atoms with Gasteiger partial charge in [-0.25, -0.2) is 9.78 Å². The van der Waals surface area contributed by atoms with E-state index >= 15 is 0 Å². The smallest absolute Gasteiger partial charge is 0.340 e. The van der Waals surface area contributed by atoms with Crippen LogP contribution in [0.3, 0.4) is 0 Å². The molecule has 2 aromatic carbocycles. The molecule has 0 fully saturated rings. The topological polar surface area (TPSA) is 66.9 Å². The molecular formula is C21H21NO5. The van der Waals surface area contributed by atoms with Gasteiger partial charge in [0, 0.05) is 17.0 Å². The first-order valence-corrected chi connectivity index (χ1v) is 8.49. The molecule has 3 aromatic rings. The van der Waals surface area contributed by atoms with Gasteiger partial charge in [0.05, 0.1) is 44.7 Å². The fraction of sp³-hybridized carbons (Fsp3) is 0.238. The maximum absolute atomic E-state index is 12.5. The average Bonchev–Trinajstić information content (AvgIpc) is 2.71. The predicted octanol–water partition coefficient (Wildman–Crippen LogP) is 4.10. The maximum atomic E-state index is 12.5. The highest BCUT2D eigenvalue weighted by Gasteiger charge is 2.18. The second-order valence-electron chi connectivity index (χ2n) is 5.73. The second-order valence-corrected chi connectivity index (χ2v) is 5.73. The van der Waals surface area contributed by atoms with E-state index in [-0.39, 0.29) is 6.61 Å². The summed E-state index contributed by atoms with van der Waals surface area (Å²) in [5.74, 6) is 1.44. The summed E-state index contributed by atoms with van der Waals surface area (Å²) < 4.78 is 21.1. The Morgan fingerprint density at radius 3 is 2.19 bits per heavy atom. The van der Waals surface area contributed by atoms with Gasteiger partial charge in [-0.05, 0) is 43.3 Å². The number of hydrogen-bond donors (Lipinski definition) is 0. The summed E-state index contributed by atoms with van der Waals surface area (Å²) >= 11 is 0. The van der Waals surface area contributed by atoms with Crippen molar-refractivity contribution in [1.29, 1.82) is 0 Å². The van der Waals surface area contributed by atoms with Crippen molar-refractivity contribution in [2.45, 2.75) is 6.92 Å². The molecular weight excluding hydrogens is 346 g/mol. The van der Waals surface area contributed by atoms with Gasteiger partial charge in [-0.15, -0.1) is 0 Å². The molecule has 0 amide bonds. The van der Waals surface area contributed by atoms with Crippen LogP contribution in [0.25, 0.3) is 22.2 Å². The van der Waals surface area contributed by atoms with Crippen molar-refractivity contribution < 1.29 is 23.7 Å². The molecule has 3 rings (SSSR count). The molecule has 0 aliphatic carbocycles. The van der Waals surface area contributed by atoms with E-state index in [9.17, 15) is 4.79 Å². The zero-order valence-corrected chi connectivity index (χ0v) is 15.7. The molecule has 0 radical (unpaired) electrons. The van der Waals surface area contributed by atoms with Gasteiger partial charge in [0.15, 0.2) is 11.5 Å². The molecule has 27 heavy (non-hydrogen) atoms. The van der Waals surface area contributed by atoms with Crippen LogP contribution in [0.15, 0.2) is 42.5 Å². The molecule has 0 saturated carbocycles. The molecule has 1 aromatic heterocycles. The summed E-state index contributed by atoms with van der Waals surface area (Å²) in [6.45, 7) is 2.05. The third kappa shape index (κ3) is 3.65. The summed E-state index contributed by atoms with van der Waals surface area (Å²) in [5, 5.41) is 0.757. The van der Waals surface area contributed by atoms with Gasteiger partial charge >= 0.3 is 5.97 Å². The molecule has 0 spiro atoms. The van der Waals surface area contributed by atoms with Crippen molar-refractivity contribution in [1.82, 2.24) is 4.98 Å². The van der Waals surface area contributed by atoms with Gasteiger partial charge in [0.25, 0.3) is 0 Å². The predicted molar refractivity (Wildman–Crippen MR) is 103 cm³/mol. The van der Waals surface area contributed by atoms with Crippen LogP contribution in [0.2, 0.25) is 0 Å². The Balaban J connectivity index is 2.24. The number of aromatic nitrogens is 1. The molecule has 6 heteroatoms. The van der Waals surface area contributed by atoms with Crippen molar-refractivity contribution in [3.05, 3.63) is 48.0 Å². The molecule has 1 heterocycles. The highest BCUT2D eigenvalue weighted by molar-refractivity contribution is 6.01. The number of carbonyl (C=O) groups is 1. The Kier molecular flexibility index (Phi) is 5.45. The fourth-order valence-corrected chi connectivity index (χ4v) is 2.83. The first kappa shape index (κ1) is 18.5. The number of pyridine rings is 1. The van der Waals surface area contributed by atoms with Crippen molar-refractivity contribution in [3.8, 4) is 28.5 Å². The van der Waals surface area contributed by atoms with E-state index in [1.807, 2.05) is 24.3 Å². The third-order valence-electron chi connectivity index (χ3n) is 4.18. The third-order valence-corrected chi connectivity index (χ3v) is 4.18. The highest BCUT2D eigenvalue weighted by Crippen LogP contribution is 2.34. The molecule has 0 bridgehead atoms. The number of rotatable bonds is 6. The van der Waals surface area contributed by atoms with Crippen LogP contribution < -0.4 is 14.2 Å². The number of benzene rings is 2. The van der Waals surface area contributed by atoms with Crippen LogP contribution in [0.4, 0.5) is 0 Å². The summed E-state index contributed by atoms with van der Waals surface area (Å²) in [4.78, 5) is 17.3. The normalized spacial score (nSPS) is 10.5. The lowest BCUT2D eigenvalue weighted by molar-refractivity contribution is 0.0527. The van der Waals surface area contributed by atoms with E-state index in [0.717, 1.165) is 16.7 Å². The first-order valence-electron chi connectivity index (χ1n) is 8.49.